The molecule has 0 aliphatic heterocycles. The van der Waals surface area contributed by atoms with Crippen LogP contribution in [0, 0.1) is 0 Å². The van der Waals surface area contributed by atoms with Gasteiger partial charge in [-0.2, -0.15) is 4.98 Å². The third-order valence-corrected chi connectivity index (χ3v) is 5.90. The fourth-order valence-electron chi connectivity index (χ4n) is 3.91. The van der Waals surface area contributed by atoms with E-state index in [0.717, 1.165) is 52.6 Å². The topological polar surface area (TPSA) is 104 Å². The number of hydrogen-bond acceptors (Lipinski definition) is 7. The molecule has 6 rings (SSSR count). The van der Waals surface area contributed by atoms with E-state index in [1.807, 2.05) is 42.5 Å². The molecule has 0 spiro atoms. The van der Waals surface area contributed by atoms with Crippen molar-refractivity contribution in [3.63, 3.8) is 0 Å². The predicted molar refractivity (Wildman–Crippen MR) is 128 cm³/mol. The number of nitrogens with one attached hydrogen (secondary N) is 1. The standard InChI is InChI=1S/C25H21N7O/c26-23(17-8-5-9-17)20-15-27-25(33-32-22-11-4-3-10-21(22)30-31-32)29-24(20)28-19-13-12-16-6-1-2-7-18(16)14-19/h1-4,6-7,10-15H,5,8-9,26H2,(H,27,28,29). The molecule has 1 fully saturated rings. The van der Waals surface area contributed by atoms with Crippen LogP contribution in [0.3, 0.4) is 0 Å². The van der Waals surface area contributed by atoms with Gasteiger partial charge in [0.15, 0.2) is 0 Å². The molecule has 0 radical (unpaired) electrons. The van der Waals surface area contributed by atoms with Crippen molar-refractivity contribution >= 4 is 39.0 Å². The highest BCUT2D eigenvalue weighted by atomic mass is 16.7. The van der Waals surface area contributed by atoms with E-state index in [2.05, 4.69) is 49.9 Å². The third-order valence-electron chi connectivity index (χ3n) is 5.90. The summed E-state index contributed by atoms with van der Waals surface area (Å²) in [5.74, 6) is 0.580. The number of fused-ring (bicyclic) bond motifs is 2. The van der Waals surface area contributed by atoms with Gasteiger partial charge in [0.1, 0.15) is 16.9 Å². The largest absolute Gasteiger partial charge is 0.398 e. The zero-order valence-electron chi connectivity index (χ0n) is 17.8. The number of benzene rings is 3. The molecule has 8 heteroatoms. The van der Waals surface area contributed by atoms with Crippen molar-refractivity contribution in [1.82, 2.24) is 25.1 Å². The minimum absolute atomic E-state index is 0.143. The molecule has 3 N–H and O–H groups in total. The monoisotopic (exact) mass is 435 g/mol. The van der Waals surface area contributed by atoms with Crippen LogP contribution in [0.5, 0.6) is 6.01 Å². The number of para-hydroxylation sites is 1. The molecule has 1 saturated carbocycles. The summed E-state index contributed by atoms with van der Waals surface area (Å²) in [5, 5.41) is 13.9. The Morgan fingerprint density at radius 2 is 1.79 bits per heavy atom. The first-order valence-corrected chi connectivity index (χ1v) is 10.8. The molecule has 8 nitrogen and oxygen atoms in total. The zero-order valence-corrected chi connectivity index (χ0v) is 17.8. The fraction of sp³-hybridized carbons (Fsp3) is 0.120. The molecular formula is C25H21N7O. The number of allylic oxidation sites excluding steroid dienone is 1. The number of aromatic nitrogens is 5. The van der Waals surface area contributed by atoms with Gasteiger partial charge in [0.05, 0.1) is 5.56 Å². The summed E-state index contributed by atoms with van der Waals surface area (Å²) in [7, 11) is 0. The SMILES string of the molecule is NC(=C1CCC1)c1cnc(On2nnc3ccccc32)nc1Nc1ccc2ccccc2c1. The van der Waals surface area contributed by atoms with Crippen LogP contribution in [0.4, 0.5) is 11.5 Å². The maximum Gasteiger partial charge on any atom is 0.347 e. The number of hydrogen-bond donors (Lipinski definition) is 2. The van der Waals surface area contributed by atoms with Gasteiger partial charge in [-0.3, -0.25) is 0 Å². The quantitative estimate of drug-likeness (QED) is 0.408. The van der Waals surface area contributed by atoms with Gasteiger partial charge >= 0.3 is 6.01 Å². The molecule has 3 aromatic carbocycles. The molecule has 2 heterocycles. The van der Waals surface area contributed by atoms with Crippen LogP contribution in [-0.4, -0.2) is 25.1 Å². The average Bonchev–Trinajstić information content (AvgIpc) is 3.21. The molecule has 2 aromatic heterocycles. The van der Waals surface area contributed by atoms with Crippen molar-refractivity contribution in [2.24, 2.45) is 5.73 Å². The Morgan fingerprint density at radius 3 is 2.64 bits per heavy atom. The summed E-state index contributed by atoms with van der Waals surface area (Å²) in [4.78, 5) is 16.2. The minimum atomic E-state index is 0.143. The van der Waals surface area contributed by atoms with E-state index in [1.165, 1.54) is 15.8 Å². The summed E-state index contributed by atoms with van der Waals surface area (Å²) >= 11 is 0. The van der Waals surface area contributed by atoms with Crippen molar-refractivity contribution in [3.05, 3.63) is 84.1 Å². The molecule has 0 unspecified atom stereocenters. The lowest BCUT2D eigenvalue weighted by Crippen LogP contribution is -2.14. The molecule has 0 bridgehead atoms. The first-order chi connectivity index (χ1) is 16.2. The first kappa shape index (κ1) is 19.2. The van der Waals surface area contributed by atoms with E-state index >= 15 is 0 Å². The lowest BCUT2D eigenvalue weighted by Gasteiger charge is -2.21. The summed E-state index contributed by atoms with van der Waals surface area (Å²) < 4.78 is 0. The highest BCUT2D eigenvalue weighted by Crippen LogP contribution is 2.34. The molecule has 33 heavy (non-hydrogen) atoms. The lowest BCUT2D eigenvalue weighted by atomic mass is 9.89. The van der Waals surface area contributed by atoms with Crippen LogP contribution in [0.1, 0.15) is 24.8 Å². The van der Waals surface area contributed by atoms with Crippen LogP contribution in [0.2, 0.25) is 0 Å². The normalized spacial score (nSPS) is 13.2. The molecule has 1 aliphatic rings. The summed E-state index contributed by atoms with van der Waals surface area (Å²) in [5.41, 5.74) is 11.6. The number of nitrogens with zero attached hydrogens (tertiary/aromatic N) is 5. The highest BCUT2D eigenvalue weighted by molar-refractivity contribution is 5.87. The van der Waals surface area contributed by atoms with Crippen LogP contribution < -0.4 is 15.9 Å². The molecular weight excluding hydrogens is 414 g/mol. The molecule has 5 aromatic rings. The molecule has 0 atom stereocenters. The van der Waals surface area contributed by atoms with Crippen molar-refractivity contribution in [1.29, 1.82) is 0 Å². The van der Waals surface area contributed by atoms with Crippen LogP contribution in [0.15, 0.2) is 78.5 Å². The Morgan fingerprint density at radius 1 is 0.970 bits per heavy atom. The summed E-state index contributed by atoms with van der Waals surface area (Å²) in [6, 6.07) is 22.1. The van der Waals surface area contributed by atoms with Gasteiger partial charge in [0.2, 0.25) is 0 Å². The second-order valence-electron chi connectivity index (χ2n) is 8.01. The van der Waals surface area contributed by atoms with E-state index in [4.69, 9.17) is 10.6 Å². The van der Waals surface area contributed by atoms with Gasteiger partial charge in [0, 0.05) is 17.6 Å². The number of anilines is 2. The summed E-state index contributed by atoms with van der Waals surface area (Å²) in [6.07, 6.45) is 4.87. The number of rotatable bonds is 5. The maximum atomic E-state index is 6.50. The van der Waals surface area contributed by atoms with Crippen LogP contribution >= 0.6 is 0 Å². The third kappa shape index (κ3) is 3.61. The zero-order chi connectivity index (χ0) is 22.2. The molecule has 1 aliphatic carbocycles. The van der Waals surface area contributed by atoms with E-state index in [0.29, 0.717) is 5.82 Å². The number of nitrogens with two attached hydrogens (primary N) is 1. The van der Waals surface area contributed by atoms with Crippen molar-refractivity contribution in [2.45, 2.75) is 19.3 Å². The van der Waals surface area contributed by atoms with E-state index in [1.54, 1.807) is 6.20 Å². The van der Waals surface area contributed by atoms with Gasteiger partial charge in [-0.05, 0) is 65.1 Å². The van der Waals surface area contributed by atoms with E-state index in [-0.39, 0.29) is 6.01 Å². The highest BCUT2D eigenvalue weighted by Gasteiger charge is 2.19. The van der Waals surface area contributed by atoms with E-state index < -0.39 is 0 Å². The second kappa shape index (κ2) is 7.90. The fourth-order valence-corrected chi connectivity index (χ4v) is 3.91. The van der Waals surface area contributed by atoms with Gasteiger partial charge < -0.3 is 15.9 Å². The van der Waals surface area contributed by atoms with E-state index in [9.17, 15) is 0 Å². The Kier molecular flexibility index (Phi) is 4.61. The molecule has 162 valence electrons. The smallest absolute Gasteiger partial charge is 0.347 e. The van der Waals surface area contributed by atoms with Gasteiger partial charge in [-0.25, -0.2) is 4.98 Å². The average molecular weight is 435 g/mol. The Hall–Kier alpha value is -4.46. The van der Waals surface area contributed by atoms with Gasteiger partial charge in [-0.1, -0.05) is 47.3 Å². The van der Waals surface area contributed by atoms with Crippen molar-refractivity contribution in [2.75, 3.05) is 5.32 Å². The Balaban J connectivity index is 1.39. The minimum Gasteiger partial charge on any atom is -0.398 e. The van der Waals surface area contributed by atoms with Crippen molar-refractivity contribution < 1.29 is 4.84 Å². The van der Waals surface area contributed by atoms with Crippen LogP contribution in [0.25, 0.3) is 27.5 Å². The first-order valence-electron chi connectivity index (χ1n) is 10.8. The molecule has 0 saturated heterocycles. The second-order valence-corrected chi connectivity index (χ2v) is 8.01. The van der Waals surface area contributed by atoms with Gasteiger partial charge in [0.25, 0.3) is 0 Å². The summed E-state index contributed by atoms with van der Waals surface area (Å²) in [6.45, 7) is 0. The maximum absolute atomic E-state index is 6.50. The van der Waals surface area contributed by atoms with Crippen molar-refractivity contribution in [3.8, 4) is 6.01 Å². The Labute approximate surface area is 189 Å². The lowest BCUT2D eigenvalue weighted by molar-refractivity contribution is 0.167. The van der Waals surface area contributed by atoms with Gasteiger partial charge in [-0.15, -0.1) is 5.10 Å². The van der Waals surface area contributed by atoms with Crippen LogP contribution in [-0.2, 0) is 0 Å². The Bertz CT molecular complexity index is 1520. The predicted octanol–water partition coefficient (Wildman–Crippen LogP) is 4.81. The molecule has 0 amide bonds.